The SMILES string of the molecule is CCCCCC(C)NCC(O)COc1cnsn1. The largest absolute Gasteiger partial charge is 0.473 e. The molecule has 0 amide bonds. The molecule has 0 aliphatic heterocycles. The van der Waals surface area contributed by atoms with E-state index in [-0.39, 0.29) is 6.61 Å². The van der Waals surface area contributed by atoms with E-state index in [0.717, 1.165) is 18.1 Å². The van der Waals surface area contributed by atoms with Crippen LogP contribution in [0.4, 0.5) is 0 Å². The van der Waals surface area contributed by atoms with E-state index in [4.69, 9.17) is 4.74 Å². The Hall–Kier alpha value is -0.720. The van der Waals surface area contributed by atoms with Crippen molar-refractivity contribution in [3.63, 3.8) is 0 Å². The zero-order valence-electron chi connectivity index (χ0n) is 11.1. The van der Waals surface area contributed by atoms with Crippen molar-refractivity contribution in [1.82, 2.24) is 14.1 Å². The fraction of sp³-hybridized carbons (Fsp3) is 0.833. The van der Waals surface area contributed by atoms with Gasteiger partial charge in [-0.05, 0) is 13.3 Å². The Kier molecular flexibility index (Phi) is 7.88. The lowest BCUT2D eigenvalue weighted by molar-refractivity contribution is 0.102. The summed E-state index contributed by atoms with van der Waals surface area (Å²) in [5.74, 6) is 0.482. The maximum atomic E-state index is 9.74. The molecule has 18 heavy (non-hydrogen) atoms. The van der Waals surface area contributed by atoms with Crippen LogP contribution in [0.5, 0.6) is 5.88 Å². The van der Waals surface area contributed by atoms with Gasteiger partial charge in [-0.1, -0.05) is 26.2 Å². The molecule has 0 saturated carbocycles. The van der Waals surface area contributed by atoms with Crippen LogP contribution in [0.2, 0.25) is 0 Å². The smallest absolute Gasteiger partial charge is 0.245 e. The maximum Gasteiger partial charge on any atom is 0.245 e. The van der Waals surface area contributed by atoms with Crippen LogP contribution in [0.15, 0.2) is 6.20 Å². The summed E-state index contributed by atoms with van der Waals surface area (Å²) in [4.78, 5) is 0. The van der Waals surface area contributed by atoms with E-state index < -0.39 is 6.10 Å². The van der Waals surface area contributed by atoms with Gasteiger partial charge in [-0.15, -0.1) is 4.37 Å². The van der Waals surface area contributed by atoms with Gasteiger partial charge in [0.2, 0.25) is 5.88 Å². The van der Waals surface area contributed by atoms with Crippen LogP contribution in [0, 0.1) is 0 Å². The van der Waals surface area contributed by atoms with Gasteiger partial charge in [-0.3, -0.25) is 0 Å². The van der Waals surface area contributed by atoms with Crippen molar-refractivity contribution >= 4 is 11.7 Å². The second-order valence-corrected chi connectivity index (χ2v) is 5.07. The first-order chi connectivity index (χ1) is 8.72. The third-order valence-electron chi connectivity index (χ3n) is 2.71. The van der Waals surface area contributed by atoms with Crippen molar-refractivity contribution in [3.05, 3.63) is 6.20 Å². The Morgan fingerprint density at radius 1 is 1.50 bits per heavy atom. The molecule has 0 fully saturated rings. The third kappa shape index (κ3) is 6.88. The van der Waals surface area contributed by atoms with Gasteiger partial charge >= 0.3 is 0 Å². The third-order valence-corrected chi connectivity index (χ3v) is 3.17. The molecule has 6 heteroatoms. The fourth-order valence-electron chi connectivity index (χ4n) is 1.60. The van der Waals surface area contributed by atoms with E-state index in [0.29, 0.717) is 18.5 Å². The quantitative estimate of drug-likeness (QED) is 0.637. The predicted molar refractivity (Wildman–Crippen MR) is 73.0 cm³/mol. The summed E-state index contributed by atoms with van der Waals surface area (Å²) in [7, 11) is 0. The van der Waals surface area contributed by atoms with Crippen LogP contribution in [-0.4, -0.2) is 39.2 Å². The lowest BCUT2D eigenvalue weighted by Gasteiger charge is -2.16. The van der Waals surface area contributed by atoms with Crippen molar-refractivity contribution in [2.24, 2.45) is 0 Å². The number of hydrogen-bond acceptors (Lipinski definition) is 6. The monoisotopic (exact) mass is 273 g/mol. The summed E-state index contributed by atoms with van der Waals surface area (Å²) in [6.45, 7) is 5.14. The number of nitrogens with zero attached hydrogens (tertiary/aromatic N) is 2. The predicted octanol–water partition coefficient (Wildman–Crippen LogP) is 1.84. The van der Waals surface area contributed by atoms with Gasteiger partial charge in [-0.25, -0.2) is 0 Å². The lowest BCUT2D eigenvalue weighted by Crippen LogP contribution is -2.36. The maximum absolute atomic E-state index is 9.74. The molecular weight excluding hydrogens is 250 g/mol. The number of aliphatic hydroxyl groups is 1. The zero-order chi connectivity index (χ0) is 13.2. The topological polar surface area (TPSA) is 67.3 Å². The summed E-state index contributed by atoms with van der Waals surface area (Å²) >= 11 is 1.10. The van der Waals surface area contributed by atoms with Crippen molar-refractivity contribution < 1.29 is 9.84 Å². The van der Waals surface area contributed by atoms with E-state index in [9.17, 15) is 5.11 Å². The molecule has 1 heterocycles. The van der Waals surface area contributed by atoms with Crippen LogP contribution < -0.4 is 10.1 Å². The molecule has 0 aliphatic rings. The minimum Gasteiger partial charge on any atom is -0.473 e. The normalized spacial score (nSPS) is 14.4. The first kappa shape index (κ1) is 15.3. The van der Waals surface area contributed by atoms with Crippen LogP contribution >= 0.6 is 11.7 Å². The molecule has 5 nitrogen and oxygen atoms in total. The molecule has 1 aromatic heterocycles. The molecule has 2 atom stereocenters. The Labute approximate surface area is 113 Å². The van der Waals surface area contributed by atoms with Crippen LogP contribution in [-0.2, 0) is 0 Å². The van der Waals surface area contributed by atoms with Gasteiger partial charge in [0.15, 0.2) is 0 Å². The Morgan fingerprint density at radius 2 is 2.33 bits per heavy atom. The molecule has 0 aromatic carbocycles. The molecule has 0 aliphatic carbocycles. The van der Waals surface area contributed by atoms with Gasteiger partial charge in [0, 0.05) is 12.6 Å². The van der Waals surface area contributed by atoms with Gasteiger partial charge in [-0.2, -0.15) is 4.37 Å². The Bertz CT molecular complexity index is 296. The summed E-state index contributed by atoms with van der Waals surface area (Å²) < 4.78 is 13.0. The second-order valence-electron chi connectivity index (χ2n) is 4.52. The van der Waals surface area contributed by atoms with Gasteiger partial charge in [0.25, 0.3) is 0 Å². The molecule has 104 valence electrons. The number of aliphatic hydroxyl groups excluding tert-OH is 1. The average molecular weight is 273 g/mol. The van der Waals surface area contributed by atoms with Crippen LogP contribution in [0.25, 0.3) is 0 Å². The van der Waals surface area contributed by atoms with Crippen molar-refractivity contribution in [3.8, 4) is 5.88 Å². The zero-order valence-corrected chi connectivity index (χ0v) is 11.9. The van der Waals surface area contributed by atoms with E-state index in [2.05, 4.69) is 27.9 Å². The van der Waals surface area contributed by atoms with Crippen molar-refractivity contribution in [2.45, 2.75) is 51.7 Å². The van der Waals surface area contributed by atoms with Crippen molar-refractivity contribution in [1.29, 1.82) is 0 Å². The molecule has 0 bridgehead atoms. The number of aromatic nitrogens is 2. The molecule has 1 aromatic rings. The fourth-order valence-corrected chi connectivity index (χ4v) is 1.96. The molecule has 2 unspecified atom stereocenters. The molecule has 0 saturated heterocycles. The summed E-state index contributed by atoms with van der Waals surface area (Å²) in [6, 6.07) is 0.437. The number of unbranched alkanes of at least 4 members (excludes halogenated alkanes) is 2. The standard InChI is InChI=1S/C12H23N3O2S/c1-3-4-5-6-10(2)13-7-11(16)9-17-12-8-14-18-15-12/h8,10-11,13,16H,3-7,9H2,1-2H3. The van der Waals surface area contributed by atoms with E-state index in [1.54, 1.807) is 6.20 Å². The van der Waals surface area contributed by atoms with Crippen LogP contribution in [0.3, 0.4) is 0 Å². The van der Waals surface area contributed by atoms with Gasteiger partial charge < -0.3 is 15.2 Å². The summed E-state index contributed by atoms with van der Waals surface area (Å²) in [5, 5.41) is 13.0. The number of hydrogen-bond donors (Lipinski definition) is 2. The minimum atomic E-state index is -0.514. The number of nitrogens with one attached hydrogen (secondary N) is 1. The number of ether oxygens (including phenoxy) is 1. The van der Waals surface area contributed by atoms with Crippen LogP contribution in [0.1, 0.15) is 39.5 Å². The highest BCUT2D eigenvalue weighted by atomic mass is 32.1. The van der Waals surface area contributed by atoms with E-state index >= 15 is 0 Å². The first-order valence-electron chi connectivity index (χ1n) is 6.54. The Morgan fingerprint density at radius 3 is 3.00 bits per heavy atom. The highest BCUT2D eigenvalue weighted by Gasteiger charge is 2.08. The molecule has 0 spiro atoms. The van der Waals surface area contributed by atoms with Gasteiger partial charge in [0.05, 0.1) is 11.7 Å². The first-order valence-corrected chi connectivity index (χ1v) is 7.27. The second kappa shape index (κ2) is 9.24. The van der Waals surface area contributed by atoms with E-state index in [1.165, 1.54) is 19.3 Å². The highest BCUT2D eigenvalue weighted by molar-refractivity contribution is 6.99. The lowest BCUT2D eigenvalue weighted by atomic mass is 10.1. The summed E-state index contributed by atoms with van der Waals surface area (Å²) in [6.07, 6.45) is 5.94. The molecule has 1 rings (SSSR count). The minimum absolute atomic E-state index is 0.250. The number of rotatable bonds is 10. The van der Waals surface area contributed by atoms with Gasteiger partial charge in [0.1, 0.15) is 18.9 Å². The highest BCUT2D eigenvalue weighted by Crippen LogP contribution is 2.05. The van der Waals surface area contributed by atoms with E-state index in [1.807, 2.05) is 0 Å². The summed E-state index contributed by atoms with van der Waals surface area (Å²) in [5.41, 5.74) is 0. The Balaban J connectivity index is 2.03. The molecule has 0 radical (unpaired) electrons. The molecule has 2 N–H and O–H groups in total. The average Bonchev–Trinajstić information content (AvgIpc) is 2.87. The van der Waals surface area contributed by atoms with Crippen molar-refractivity contribution in [2.75, 3.05) is 13.2 Å². The molecular formula is C12H23N3O2S.